The first-order valence-corrected chi connectivity index (χ1v) is 6.13. The number of amides is 1. The number of rotatable bonds is 2. The predicted octanol–water partition coefficient (Wildman–Crippen LogP) is 2.48. The number of anilines is 1. The zero-order valence-corrected chi connectivity index (χ0v) is 11.1. The van der Waals surface area contributed by atoms with Crippen LogP contribution in [0.4, 0.5) is 14.9 Å². The Hall–Kier alpha value is -1.85. The summed E-state index contributed by atoms with van der Waals surface area (Å²) < 4.78 is 19.4. The molecule has 104 valence electrons. The smallest absolute Gasteiger partial charge is 0.412 e. The van der Waals surface area contributed by atoms with Gasteiger partial charge in [0.15, 0.2) is 0 Å². The highest BCUT2D eigenvalue weighted by Gasteiger charge is 2.39. The molecule has 0 aliphatic heterocycles. The second-order valence-electron chi connectivity index (χ2n) is 5.58. The summed E-state index contributed by atoms with van der Waals surface area (Å²) in [7, 11) is 0. The first kappa shape index (κ1) is 13.6. The lowest BCUT2D eigenvalue weighted by Crippen LogP contribution is -2.30. The van der Waals surface area contributed by atoms with Crippen molar-refractivity contribution < 1.29 is 13.9 Å². The van der Waals surface area contributed by atoms with Crippen LogP contribution in [0.25, 0.3) is 0 Å². The van der Waals surface area contributed by atoms with E-state index in [4.69, 9.17) is 4.74 Å². The van der Waals surface area contributed by atoms with Crippen molar-refractivity contribution in [2.45, 2.75) is 45.0 Å². The number of carbonyl (C=O) groups excluding carboxylic acids is 1. The Kier molecular flexibility index (Phi) is 3.34. The number of aromatic nitrogens is 1. The monoisotopic (exact) mass is 268 g/mol. The summed E-state index contributed by atoms with van der Waals surface area (Å²) in [5.41, 5.74) is -0.965. The summed E-state index contributed by atoms with van der Waals surface area (Å²) in [4.78, 5) is 23.6. The number of carbonyl (C=O) groups is 1. The van der Waals surface area contributed by atoms with Crippen LogP contribution in [0, 0.1) is 0 Å². The Morgan fingerprint density at radius 1 is 1.53 bits per heavy atom. The van der Waals surface area contributed by atoms with Crippen molar-refractivity contribution in [3.8, 4) is 0 Å². The van der Waals surface area contributed by atoms with Gasteiger partial charge in [0.25, 0.3) is 5.56 Å². The molecule has 1 amide bonds. The maximum atomic E-state index is 13.0. The van der Waals surface area contributed by atoms with Crippen molar-refractivity contribution >= 4 is 11.8 Å². The van der Waals surface area contributed by atoms with Crippen molar-refractivity contribution in [2.24, 2.45) is 0 Å². The van der Waals surface area contributed by atoms with Crippen LogP contribution in [0.3, 0.4) is 0 Å². The van der Waals surface area contributed by atoms with E-state index in [1.165, 1.54) is 16.8 Å². The van der Waals surface area contributed by atoms with Crippen LogP contribution in [0.1, 0.15) is 33.2 Å². The number of nitrogens with one attached hydrogen (secondary N) is 1. The van der Waals surface area contributed by atoms with Crippen LogP contribution < -0.4 is 10.9 Å². The van der Waals surface area contributed by atoms with Gasteiger partial charge >= 0.3 is 6.09 Å². The second kappa shape index (κ2) is 4.68. The number of ether oxygens (including phenoxy) is 1. The molecule has 1 aromatic rings. The molecule has 0 radical (unpaired) electrons. The average Bonchev–Trinajstić information content (AvgIpc) is 2.96. The van der Waals surface area contributed by atoms with Crippen LogP contribution in [0.2, 0.25) is 0 Å². The van der Waals surface area contributed by atoms with E-state index < -0.39 is 29.5 Å². The van der Waals surface area contributed by atoms with Crippen molar-refractivity contribution in [1.82, 2.24) is 4.57 Å². The average molecular weight is 268 g/mol. The topological polar surface area (TPSA) is 60.3 Å². The Labute approximate surface area is 110 Å². The normalized spacial score (nSPS) is 21.9. The van der Waals surface area contributed by atoms with Gasteiger partial charge in [0.1, 0.15) is 17.5 Å². The molecular formula is C13H17FN2O3. The molecule has 1 saturated carbocycles. The fourth-order valence-electron chi connectivity index (χ4n) is 1.72. The number of nitrogens with zero attached hydrogens (tertiary/aromatic N) is 1. The minimum atomic E-state index is -0.977. The van der Waals surface area contributed by atoms with Gasteiger partial charge in [-0.25, -0.2) is 9.18 Å². The highest BCUT2D eigenvalue weighted by Crippen LogP contribution is 2.37. The molecule has 1 fully saturated rings. The quantitative estimate of drug-likeness (QED) is 0.896. The number of hydrogen-bond acceptors (Lipinski definition) is 3. The maximum Gasteiger partial charge on any atom is 0.412 e. The molecule has 2 unspecified atom stereocenters. The van der Waals surface area contributed by atoms with Gasteiger partial charge in [-0.1, -0.05) is 0 Å². The number of pyridine rings is 1. The Morgan fingerprint density at radius 3 is 2.68 bits per heavy atom. The Morgan fingerprint density at radius 2 is 2.16 bits per heavy atom. The highest BCUT2D eigenvalue weighted by molar-refractivity contribution is 5.84. The standard InChI is InChI=1S/C13H17FN2O3/c1-13(2,3)19-12(18)15-9-5-4-6-16(11(9)17)10-7-8(10)14/h4-6,8,10H,7H2,1-3H3,(H,15,18). The van der Waals surface area contributed by atoms with Crippen molar-refractivity contribution in [1.29, 1.82) is 0 Å². The summed E-state index contributed by atoms with van der Waals surface area (Å²) in [6.45, 7) is 5.19. The molecule has 6 heteroatoms. The van der Waals surface area contributed by atoms with E-state index in [9.17, 15) is 14.0 Å². The highest BCUT2D eigenvalue weighted by atomic mass is 19.1. The first-order chi connectivity index (χ1) is 8.78. The third-order valence-corrected chi connectivity index (χ3v) is 2.65. The summed E-state index contributed by atoms with van der Waals surface area (Å²) >= 11 is 0. The van der Waals surface area contributed by atoms with Gasteiger partial charge in [0.05, 0.1) is 6.04 Å². The zero-order valence-electron chi connectivity index (χ0n) is 11.1. The lowest BCUT2D eigenvalue weighted by Gasteiger charge is -2.19. The second-order valence-corrected chi connectivity index (χ2v) is 5.58. The summed E-state index contributed by atoms with van der Waals surface area (Å²) in [6, 6.07) is 2.66. The van der Waals surface area contributed by atoms with Crippen LogP contribution in [-0.2, 0) is 4.74 Å². The van der Waals surface area contributed by atoms with Gasteiger partial charge in [-0.15, -0.1) is 0 Å². The molecule has 2 atom stereocenters. The van der Waals surface area contributed by atoms with E-state index >= 15 is 0 Å². The van der Waals surface area contributed by atoms with Crippen LogP contribution in [0.15, 0.2) is 23.1 Å². The molecule has 0 spiro atoms. The maximum absolute atomic E-state index is 13.0. The van der Waals surface area contributed by atoms with Gasteiger partial charge in [0.2, 0.25) is 0 Å². The number of halogens is 1. The van der Waals surface area contributed by atoms with Crippen LogP contribution in [-0.4, -0.2) is 22.4 Å². The summed E-state index contributed by atoms with van der Waals surface area (Å²) in [6.07, 6.45) is 0.187. The lowest BCUT2D eigenvalue weighted by molar-refractivity contribution is 0.0635. The predicted molar refractivity (Wildman–Crippen MR) is 69.1 cm³/mol. The molecule has 0 aromatic carbocycles. The van der Waals surface area contributed by atoms with E-state index in [1.807, 2.05) is 0 Å². The molecule has 1 aliphatic carbocycles. The van der Waals surface area contributed by atoms with Crippen molar-refractivity contribution in [2.75, 3.05) is 5.32 Å². The minimum Gasteiger partial charge on any atom is -0.444 e. The fourth-order valence-corrected chi connectivity index (χ4v) is 1.72. The molecular weight excluding hydrogens is 251 g/mol. The lowest BCUT2D eigenvalue weighted by atomic mass is 10.2. The minimum absolute atomic E-state index is 0.0934. The fraction of sp³-hybridized carbons (Fsp3) is 0.538. The van der Waals surface area contributed by atoms with Gasteiger partial charge < -0.3 is 9.30 Å². The number of hydrogen-bond donors (Lipinski definition) is 1. The van der Waals surface area contributed by atoms with Gasteiger partial charge in [-0.2, -0.15) is 0 Å². The largest absolute Gasteiger partial charge is 0.444 e. The molecule has 5 nitrogen and oxygen atoms in total. The van der Waals surface area contributed by atoms with Crippen molar-refractivity contribution in [3.05, 3.63) is 28.7 Å². The third kappa shape index (κ3) is 3.33. The van der Waals surface area contributed by atoms with Gasteiger partial charge in [-0.3, -0.25) is 10.1 Å². The summed E-state index contributed by atoms with van der Waals surface area (Å²) in [5, 5.41) is 2.39. The zero-order chi connectivity index (χ0) is 14.2. The third-order valence-electron chi connectivity index (χ3n) is 2.65. The number of alkyl halides is 1. The van der Waals surface area contributed by atoms with E-state index in [0.717, 1.165) is 0 Å². The summed E-state index contributed by atoms with van der Waals surface area (Å²) in [5.74, 6) is 0. The molecule has 0 bridgehead atoms. The van der Waals surface area contributed by atoms with Gasteiger partial charge in [0, 0.05) is 12.6 Å². The SMILES string of the molecule is CC(C)(C)OC(=O)Nc1cccn(C2CC2F)c1=O. The molecule has 19 heavy (non-hydrogen) atoms. The van der Waals surface area contributed by atoms with Crippen LogP contribution >= 0.6 is 0 Å². The van der Waals surface area contributed by atoms with E-state index in [2.05, 4.69) is 5.32 Å². The molecule has 1 N–H and O–H groups in total. The molecule has 1 aliphatic rings. The van der Waals surface area contributed by atoms with E-state index in [-0.39, 0.29) is 5.69 Å². The molecule has 1 aromatic heterocycles. The molecule has 2 rings (SSSR count). The molecule has 0 saturated heterocycles. The Bertz CT molecular complexity index is 548. The van der Waals surface area contributed by atoms with Crippen LogP contribution in [0.5, 0.6) is 0 Å². The Balaban J connectivity index is 2.13. The van der Waals surface area contributed by atoms with Gasteiger partial charge in [-0.05, 0) is 32.9 Å². The molecule has 1 heterocycles. The van der Waals surface area contributed by atoms with Crippen molar-refractivity contribution in [3.63, 3.8) is 0 Å². The van der Waals surface area contributed by atoms with E-state index in [0.29, 0.717) is 6.42 Å². The van der Waals surface area contributed by atoms with E-state index in [1.54, 1.807) is 26.8 Å². The first-order valence-electron chi connectivity index (χ1n) is 6.13.